The highest BCUT2D eigenvalue weighted by molar-refractivity contribution is 5.94. The molecule has 0 unspecified atom stereocenters. The number of piperidine rings is 1. The number of benzene rings is 2. The van der Waals surface area contributed by atoms with Crippen molar-refractivity contribution in [2.24, 2.45) is 0 Å². The van der Waals surface area contributed by atoms with E-state index in [1.165, 1.54) is 4.90 Å². The Morgan fingerprint density at radius 2 is 1.72 bits per heavy atom. The molecular formula is C23H30N3O3+. The minimum Gasteiger partial charge on any atom is -0.494 e. The summed E-state index contributed by atoms with van der Waals surface area (Å²) in [4.78, 5) is 25.9. The molecule has 0 saturated carbocycles. The molecule has 2 aromatic rings. The van der Waals surface area contributed by atoms with E-state index in [9.17, 15) is 9.59 Å². The van der Waals surface area contributed by atoms with Gasteiger partial charge in [-0.2, -0.15) is 0 Å². The van der Waals surface area contributed by atoms with Crippen LogP contribution in [0.15, 0.2) is 54.6 Å². The SMILES string of the molecule is CCOc1ccc(C(=O)NC2CC[NH+](CC(=O)NCc3ccccc3)CC2)cc1. The number of carbonyl (C=O) groups is 2. The fraction of sp³-hybridized carbons (Fsp3) is 0.391. The Morgan fingerprint density at radius 3 is 2.38 bits per heavy atom. The maximum atomic E-state index is 12.4. The molecule has 0 spiro atoms. The highest BCUT2D eigenvalue weighted by Crippen LogP contribution is 2.12. The molecular weight excluding hydrogens is 366 g/mol. The average Bonchev–Trinajstić information content (AvgIpc) is 2.75. The molecule has 6 heteroatoms. The van der Waals surface area contributed by atoms with Crippen LogP contribution < -0.4 is 20.3 Å². The van der Waals surface area contributed by atoms with E-state index in [1.807, 2.05) is 49.4 Å². The Bertz CT molecular complexity index is 785. The molecule has 6 nitrogen and oxygen atoms in total. The van der Waals surface area contributed by atoms with Crippen LogP contribution in [0.25, 0.3) is 0 Å². The summed E-state index contributed by atoms with van der Waals surface area (Å²) in [5.41, 5.74) is 1.75. The lowest BCUT2D eigenvalue weighted by molar-refractivity contribution is -0.897. The minimum absolute atomic E-state index is 0.0536. The molecule has 1 fully saturated rings. The van der Waals surface area contributed by atoms with E-state index in [0.29, 0.717) is 25.3 Å². The van der Waals surface area contributed by atoms with E-state index in [-0.39, 0.29) is 17.9 Å². The topological polar surface area (TPSA) is 71.9 Å². The predicted octanol–water partition coefficient (Wildman–Crippen LogP) is 1.18. The normalized spacial score (nSPS) is 18.7. The summed E-state index contributed by atoms with van der Waals surface area (Å²) in [6.45, 7) is 5.35. The molecule has 29 heavy (non-hydrogen) atoms. The molecule has 0 aromatic heterocycles. The number of ether oxygens (including phenoxy) is 1. The first kappa shape index (κ1) is 20.9. The number of quaternary nitrogens is 1. The first-order chi connectivity index (χ1) is 14.1. The van der Waals surface area contributed by atoms with Gasteiger partial charge in [0.2, 0.25) is 0 Å². The van der Waals surface area contributed by atoms with Crippen molar-refractivity contribution in [3.8, 4) is 5.75 Å². The number of rotatable bonds is 8. The second-order valence-corrected chi connectivity index (χ2v) is 7.39. The third kappa shape index (κ3) is 6.61. The standard InChI is InChI=1S/C23H29N3O3/c1-2-29-21-10-8-19(9-11-21)23(28)25-20-12-14-26(15-13-20)17-22(27)24-16-18-6-4-3-5-7-18/h3-11,20H,2,12-17H2,1H3,(H,24,27)(H,25,28)/p+1. The van der Waals surface area contributed by atoms with Crippen molar-refractivity contribution in [1.29, 1.82) is 0 Å². The first-order valence-corrected chi connectivity index (χ1v) is 10.3. The summed E-state index contributed by atoms with van der Waals surface area (Å²) in [5.74, 6) is 0.786. The van der Waals surface area contributed by atoms with Gasteiger partial charge in [-0.3, -0.25) is 9.59 Å². The molecule has 0 aliphatic carbocycles. The van der Waals surface area contributed by atoms with Crippen LogP contribution in [0.2, 0.25) is 0 Å². The Morgan fingerprint density at radius 1 is 1.03 bits per heavy atom. The van der Waals surface area contributed by atoms with Crippen molar-refractivity contribution in [1.82, 2.24) is 10.6 Å². The zero-order valence-corrected chi connectivity index (χ0v) is 16.9. The number of hydrogen-bond acceptors (Lipinski definition) is 3. The number of carbonyl (C=O) groups excluding carboxylic acids is 2. The molecule has 1 aliphatic heterocycles. The van der Waals surface area contributed by atoms with Crippen LogP contribution in [0, 0.1) is 0 Å². The van der Waals surface area contributed by atoms with E-state index in [0.717, 1.165) is 37.2 Å². The van der Waals surface area contributed by atoms with Gasteiger partial charge >= 0.3 is 0 Å². The Labute approximate surface area is 172 Å². The third-order valence-electron chi connectivity index (χ3n) is 5.20. The Balaban J connectivity index is 1.37. The van der Waals surface area contributed by atoms with Gasteiger partial charge in [-0.1, -0.05) is 30.3 Å². The maximum absolute atomic E-state index is 12.4. The third-order valence-corrected chi connectivity index (χ3v) is 5.20. The highest BCUT2D eigenvalue weighted by atomic mass is 16.5. The Hall–Kier alpha value is -2.86. The smallest absolute Gasteiger partial charge is 0.275 e. The van der Waals surface area contributed by atoms with E-state index < -0.39 is 0 Å². The van der Waals surface area contributed by atoms with Gasteiger partial charge in [0.05, 0.1) is 19.7 Å². The molecule has 1 saturated heterocycles. The van der Waals surface area contributed by atoms with Gasteiger partial charge in [0.15, 0.2) is 6.54 Å². The van der Waals surface area contributed by atoms with E-state index in [1.54, 1.807) is 12.1 Å². The summed E-state index contributed by atoms with van der Waals surface area (Å²) in [7, 11) is 0. The van der Waals surface area contributed by atoms with Crippen molar-refractivity contribution in [3.05, 3.63) is 65.7 Å². The Kier molecular flexibility index (Phi) is 7.64. The number of likely N-dealkylation sites (tertiary alicyclic amines) is 1. The summed E-state index contributed by atoms with van der Waals surface area (Å²) in [6, 6.07) is 17.3. The fourth-order valence-electron chi connectivity index (χ4n) is 3.57. The van der Waals surface area contributed by atoms with E-state index in [2.05, 4.69) is 10.6 Å². The van der Waals surface area contributed by atoms with Crippen LogP contribution >= 0.6 is 0 Å². The molecule has 3 N–H and O–H groups in total. The quantitative estimate of drug-likeness (QED) is 0.628. The second-order valence-electron chi connectivity index (χ2n) is 7.39. The second kappa shape index (κ2) is 10.6. The zero-order valence-electron chi connectivity index (χ0n) is 16.9. The molecule has 1 aliphatic rings. The molecule has 2 amide bonds. The number of hydrogen-bond donors (Lipinski definition) is 3. The zero-order chi connectivity index (χ0) is 20.5. The number of amides is 2. The van der Waals surface area contributed by atoms with Crippen molar-refractivity contribution in [3.63, 3.8) is 0 Å². The van der Waals surface area contributed by atoms with Crippen LogP contribution in [-0.2, 0) is 11.3 Å². The molecule has 2 aromatic carbocycles. The van der Waals surface area contributed by atoms with Gasteiger partial charge in [0.25, 0.3) is 11.8 Å². The molecule has 0 radical (unpaired) electrons. The van der Waals surface area contributed by atoms with E-state index >= 15 is 0 Å². The van der Waals surface area contributed by atoms with Crippen molar-refractivity contribution in [2.45, 2.75) is 32.4 Å². The molecule has 0 bridgehead atoms. The highest BCUT2D eigenvalue weighted by Gasteiger charge is 2.25. The molecule has 1 heterocycles. The lowest BCUT2D eigenvalue weighted by Crippen LogP contribution is -3.14. The summed E-state index contributed by atoms with van der Waals surface area (Å²) in [6.07, 6.45) is 1.76. The summed E-state index contributed by atoms with van der Waals surface area (Å²) < 4.78 is 5.41. The van der Waals surface area contributed by atoms with Crippen LogP contribution in [-0.4, -0.2) is 44.1 Å². The maximum Gasteiger partial charge on any atom is 0.275 e. The van der Waals surface area contributed by atoms with Crippen molar-refractivity contribution < 1.29 is 19.2 Å². The number of nitrogens with one attached hydrogen (secondary N) is 3. The van der Waals surface area contributed by atoms with E-state index in [4.69, 9.17) is 4.74 Å². The van der Waals surface area contributed by atoms with Crippen LogP contribution in [0.4, 0.5) is 0 Å². The van der Waals surface area contributed by atoms with Crippen LogP contribution in [0.5, 0.6) is 5.75 Å². The fourth-order valence-corrected chi connectivity index (χ4v) is 3.57. The summed E-state index contributed by atoms with van der Waals surface area (Å²) in [5, 5.41) is 6.10. The van der Waals surface area contributed by atoms with Crippen molar-refractivity contribution in [2.75, 3.05) is 26.2 Å². The van der Waals surface area contributed by atoms with Gasteiger partial charge in [-0.05, 0) is 36.8 Å². The molecule has 154 valence electrons. The summed E-state index contributed by atoms with van der Waals surface area (Å²) >= 11 is 0. The van der Waals surface area contributed by atoms with Crippen molar-refractivity contribution >= 4 is 11.8 Å². The van der Waals surface area contributed by atoms with Crippen LogP contribution in [0.1, 0.15) is 35.7 Å². The lowest BCUT2D eigenvalue weighted by Gasteiger charge is -2.29. The molecule has 3 rings (SSSR count). The largest absolute Gasteiger partial charge is 0.494 e. The van der Waals surface area contributed by atoms with Gasteiger partial charge in [-0.25, -0.2) is 0 Å². The monoisotopic (exact) mass is 396 g/mol. The minimum atomic E-state index is -0.0536. The first-order valence-electron chi connectivity index (χ1n) is 10.3. The molecule has 0 atom stereocenters. The van der Waals surface area contributed by atoms with Gasteiger partial charge in [-0.15, -0.1) is 0 Å². The van der Waals surface area contributed by atoms with Gasteiger partial charge < -0.3 is 20.3 Å². The van der Waals surface area contributed by atoms with Crippen LogP contribution in [0.3, 0.4) is 0 Å². The lowest BCUT2D eigenvalue weighted by atomic mass is 10.0. The van der Waals surface area contributed by atoms with Gasteiger partial charge in [0.1, 0.15) is 5.75 Å². The predicted molar refractivity (Wildman–Crippen MR) is 112 cm³/mol. The van der Waals surface area contributed by atoms with Gasteiger partial charge in [0, 0.05) is 31.0 Å². The average molecular weight is 397 g/mol.